The lowest BCUT2D eigenvalue weighted by atomic mass is 10.3. The minimum atomic E-state index is 0.959. The summed E-state index contributed by atoms with van der Waals surface area (Å²) in [5, 5.41) is 4.48. The van der Waals surface area contributed by atoms with E-state index in [0.717, 1.165) is 20.3 Å². The molecule has 0 atom stereocenters. The van der Waals surface area contributed by atoms with Gasteiger partial charge in [-0.15, -0.1) is 0 Å². The van der Waals surface area contributed by atoms with Crippen LogP contribution in [0.25, 0.3) is 0 Å². The molecule has 0 N–H and O–H groups in total. The molecule has 0 heterocycles. The Labute approximate surface area is 106 Å². The van der Waals surface area contributed by atoms with Gasteiger partial charge in [0.2, 0.25) is 0 Å². The number of rotatable bonds is 2. The molecule has 0 bridgehead atoms. The third-order valence-corrected chi connectivity index (χ3v) is 2.97. The van der Waals surface area contributed by atoms with E-state index < -0.39 is 0 Å². The summed E-state index contributed by atoms with van der Waals surface area (Å²) in [5.41, 5.74) is 1.92. The summed E-state index contributed by atoms with van der Waals surface area (Å²) in [4.78, 5) is 0. The van der Waals surface area contributed by atoms with Crippen molar-refractivity contribution in [2.24, 2.45) is 0 Å². The van der Waals surface area contributed by atoms with Crippen LogP contribution in [-0.4, -0.2) is 0 Å². The second kappa shape index (κ2) is 4.92. The summed E-state index contributed by atoms with van der Waals surface area (Å²) in [7, 11) is 0. The Morgan fingerprint density at radius 1 is 0.600 bits per heavy atom. The Morgan fingerprint density at radius 2 is 0.933 bits per heavy atom. The van der Waals surface area contributed by atoms with Crippen LogP contribution in [0.4, 0.5) is 11.4 Å². The van der Waals surface area contributed by atoms with Crippen molar-refractivity contribution in [3.05, 3.63) is 57.5 Å². The second-order valence-corrected chi connectivity index (χ2v) is 4.90. The lowest BCUT2D eigenvalue weighted by Gasteiger charge is -1.89. The highest BCUT2D eigenvalue weighted by atomic mass is 79.9. The number of nitrogens with zero attached hydrogens (tertiary/aromatic N) is 1. The normalized spacial score (nSPS) is 10.3. The Kier molecular flexibility index (Phi) is 3.57. The number of benzene rings is 2. The van der Waals surface area contributed by atoms with E-state index in [2.05, 4.69) is 37.2 Å². The van der Waals surface area contributed by atoms with Crippen LogP contribution in [0.15, 0.2) is 57.5 Å². The quantitative estimate of drug-likeness (QED) is 0.754. The average Bonchev–Trinajstić information content (AvgIpc) is 2.25. The van der Waals surface area contributed by atoms with Gasteiger partial charge in [0.1, 0.15) is 5.32 Å². The van der Waals surface area contributed by atoms with Crippen molar-refractivity contribution >= 4 is 43.2 Å². The fraction of sp³-hybridized carbons (Fsp3) is 0. The smallest absolute Gasteiger partial charge is 0.0508 e. The highest BCUT2D eigenvalue weighted by molar-refractivity contribution is 9.10. The maximum atomic E-state index is 4.48. The summed E-state index contributed by atoms with van der Waals surface area (Å²) in [6, 6.07) is 15.8. The first-order valence-electron chi connectivity index (χ1n) is 4.47. The highest BCUT2D eigenvalue weighted by Crippen LogP contribution is 2.21. The highest BCUT2D eigenvalue weighted by Gasteiger charge is 2.12. The molecular weight excluding hydrogens is 318 g/mol. The Bertz CT molecular complexity index is 391. The van der Waals surface area contributed by atoms with E-state index in [1.165, 1.54) is 0 Å². The molecule has 74 valence electrons. The third-order valence-electron chi connectivity index (χ3n) is 1.91. The minimum Gasteiger partial charge on any atom is -0.0508 e. The van der Waals surface area contributed by atoms with Crippen LogP contribution in [-0.2, 0) is 0 Å². The van der Waals surface area contributed by atoms with Crippen LogP contribution < -0.4 is 5.32 Å². The molecule has 0 aliphatic carbocycles. The van der Waals surface area contributed by atoms with Crippen LogP contribution in [0.1, 0.15) is 0 Å². The molecule has 2 rings (SSSR count). The molecule has 3 heteroatoms. The van der Waals surface area contributed by atoms with E-state index in [1.807, 2.05) is 48.5 Å². The van der Waals surface area contributed by atoms with Gasteiger partial charge in [0.05, 0.1) is 0 Å². The van der Waals surface area contributed by atoms with Gasteiger partial charge in [-0.1, -0.05) is 31.9 Å². The van der Waals surface area contributed by atoms with E-state index in [0.29, 0.717) is 0 Å². The molecule has 0 aliphatic rings. The van der Waals surface area contributed by atoms with E-state index in [4.69, 9.17) is 0 Å². The van der Waals surface area contributed by atoms with Gasteiger partial charge in [-0.25, -0.2) is 0 Å². The lowest BCUT2D eigenvalue weighted by molar-refractivity contribution is 1.18. The lowest BCUT2D eigenvalue weighted by Crippen LogP contribution is -1.87. The molecule has 0 spiro atoms. The van der Waals surface area contributed by atoms with Crippen molar-refractivity contribution < 1.29 is 0 Å². The predicted octanol–water partition coefficient (Wildman–Crippen LogP) is 4.78. The largest absolute Gasteiger partial charge is 0.253 e. The van der Waals surface area contributed by atoms with Crippen molar-refractivity contribution in [2.75, 3.05) is 0 Å². The summed E-state index contributed by atoms with van der Waals surface area (Å²) in [6.45, 7) is 0. The first-order valence-corrected chi connectivity index (χ1v) is 6.05. The van der Waals surface area contributed by atoms with Gasteiger partial charge in [-0.05, 0) is 24.3 Å². The molecule has 0 aliphatic heterocycles. The monoisotopic (exact) mass is 324 g/mol. The van der Waals surface area contributed by atoms with E-state index >= 15 is 0 Å². The summed E-state index contributed by atoms with van der Waals surface area (Å²) >= 11 is 6.79. The van der Waals surface area contributed by atoms with Crippen molar-refractivity contribution in [1.29, 1.82) is 0 Å². The SMILES string of the molecule is Brc1ccc([N+]c2ccc(Br)cc2)cc1. The number of hydrogen-bond donors (Lipinski definition) is 0. The van der Waals surface area contributed by atoms with Gasteiger partial charge < -0.3 is 0 Å². The first-order chi connectivity index (χ1) is 7.24. The van der Waals surface area contributed by atoms with Gasteiger partial charge in [0.15, 0.2) is 0 Å². The Balaban J connectivity index is 2.15. The Hall–Kier alpha value is -0.640. The molecule has 0 unspecified atom stereocenters. The van der Waals surface area contributed by atoms with Crippen LogP contribution in [0.2, 0.25) is 0 Å². The van der Waals surface area contributed by atoms with Gasteiger partial charge in [-0.2, -0.15) is 0 Å². The molecule has 0 saturated heterocycles. The molecule has 2 aromatic carbocycles. The molecule has 0 saturated carbocycles. The first kappa shape index (κ1) is 10.9. The number of hydrogen-bond acceptors (Lipinski definition) is 0. The fourth-order valence-electron chi connectivity index (χ4n) is 1.18. The maximum Gasteiger partial charge on any atom is 0.253 e. The maximum absolute atomic E-state index is 4.48. The van der Waals surface area contributed by atoms with Crippen LogP contribution >= 0.6 is 31.9 Å². The predicted molar refractivity (Wildman–Crippen MR) is 69.7 cm³/mol. The van der Waals surface area contributed by atoms with Crippen molar-refractivity contribution in [3.63, 3.8) is 0 Å². The summed E-state index contributed by atoms with van der Waals surface area (Å²) < 4.78 is 2.13. The molecule has 0 amide bonds. The van der Waals surface area contributed by atoms with Gasteiger partial charge >= 0.3 is 0 Å². The van der Waals surface area contributed by atoms with E-state index in [1.54, 1.807) is 0 Å². The van der Waals surface area contributed by atoms with Crippen LogP contribution in [0.5, 0.6) is 0 Å². The van der Waals surface area contributed by atoms with Gasteiger partial charge in [-0.3, -0.25) is 0 Å². The zero-order chi connectivity index (χ0) is 10.7. The van der Waals surface area contributed by atoms with Crippen LogP contribution in [0.3, 0.4) is 0 Å². The summed E-state index contributed by atoms with van der Waals surface area (Å²) in [6.07, 6.45) is 0. The van der Waals surface area contributed by atoms with Crippen molar-refractivity contribution in [2.45, 2.75) is 0 Å². The average molecular weight is 326 g/mol. The molecule has 0 aromatic heterocycles. The second-order valence-electron chi connectivity index (χ2n) is 3.06. The topological polar surface area (TPSA) is 14.1 Å². The third kappa shape index (κ3) is 3.16. The van der Waals surface area contributed by atoms with Crippen LogP contribution in [0, 0.1) is 0 Å². The molecule has 2 aromatic rings. The minimum absolute atomic E-state index is 0.959. The van der Waals surface area contributed by atoms with E-state index in [-0.39, 0.29) is 0 Å². The molecule has 1 nitrogen and oxygen atoms in total. The zero-order valence-corrected chi connectivity index (χ0v) is 11.0. The molecule has 0 fully saturated rings. The Morgan fingerprint density at radius 3 is 1.27 bits per heavy atom. The van der Waals surface area contributed by atoms with Crippen molar-refractivity contribution in [1.82, 2.24) is 5.32 Å². The summed E-state index contributed by atoms with van der Waals surface area (Å²) in [5.74, 6) is 0. The standard InChI is InChI=1S/C12H8Br2N/c13-9-1-5-11(6-2-9)15-12-7-3-10(14)4-8-12/h1-8H/q+1. The fourth-order valence-corrected chi connectivity index (χ4v) is 1.71. The van der Waals surface area contributed by atoms with Gasteiger partial charge in [0, 0.05) is 33.2 Å². The molecular formula is C12H8Br2N+. The van der Waals surface area contributed by atoms with Crippen molar-refractivity contribution in [3.8, 4) is 0 Å². The number of halogens is 2. The molecule has 15 heavy (non-hydrogen) atoms. The van der Waals surface area contributed by atoms with Gasteiger partial charge in [0.25, 0.3) is 11.4 Å². The van der Waals surface area contributed by atoms with E-state index in [9.17, 15) is 0 Å². The molecule has 2 radical (unpaired) electrons. The zero-order valence-electron chi connectivity index (χ0n) is 7.82.